The Morgan fingerprint density at radius 3 is 2.53 bits per heavy atom. The molecule has 1 amide bonds. The van der Waals surface area contributed by atoms with Crippen molar-refractivity contribution in [2.24, 2.45) is 10.9 Å². The smallest absolute Gasteiger partial charge is 0.405 e. The molecule has 1 aliphatic rings. The van der Waals surface area contributed by atoms with E-state index in [9.17, 15) is 19.3 Å². The van der Waals surface area contributed by atoms with Gasteiger partial charge in [-0.25, -0.2) is 9.65 Å². The molecule has 0 aliphatic carbocycles. The lowest BCUT2D eigenvalue weighted by Gasteiger charge is -2.20. The largest absolute Gasteiger partial charge is 0.480 e. The topological polar surface area (TPSA) is 185 Å². The number of nitrogen functional groups attached to an aromatic ring is 1. The minimum absolute atomic E-state index is 0.0396. The number of benzene rings is 1. The van der Waals surface area contributed by atoms with Gasteiger partial charge in [-0.3, -0.25) is 15.0 Å². The third-order valence-electron chi connectivity index (χ3n) is 4.27. The first-order valence-corrected chi connectivity index (χ1v) is 10.4. The minimum Gasteiger partial charge on any atom is -0.480 e. The highest BCUT2D eigenvalue weighted by Crippen LogP contribution is 2.41. The summed E-state index contributed by atoms with van der Waals surface area (Å²) in [5.74, 6) is -1.83. The van der Waals surface area contributed by atoms with E-state index in [4.69, 9.17) is 16.0 Å². The fraction of sp³-hybridized carbons (Fsp3) is 0.412. The molecule has 164 valence electrons. The number of oxime groups is 1. The molecule has 1 heterocycles. The Morgan fingerprint density at radius 2 is 2.00 bits per heavy atom. The van der Waals surface area contributed by atoms with Crippen LogP contribution >= 0.6 is 7.75 Å². The number of carboxylic acid groups (broad SMARTS) is 1. The lowest BCUT2D eigenvalue weighted by atomic mass is 10.0. The number of amides is 1. The summed E-state index contributed by atoms with van der Waals surface area (Å²) in [6.45, 7) is -0.335. The Kier molecular flexibility index (Phi) is 8.07. The molecule has 0 bridgehead atoms. The van der Waals surface area contributed by atoms with Crippen LogP contribution in [0.3, 0.4) is 0 Å². The van der Waals surface area contributed by atoms with Crippen LogP contribution in [0.5, 0.6) is 0 Å². The van der Waals surface area contributed by atoms with E-state index in [1.165, 1.54) is 0 Å². The second-order valence-corrected chi connectivity index (χ2v) is 8.33. The van der Waals surface area contributed by atoms with Crippen LogP contribution in [0.2, 0.25) is 0 Å². The Labute approximate surface area is 172 Å². The molecule has 2 rings (SSSR count). The van der Waals surface area contributed by atoms with Crippen molar-refractivity contribution in [3.05, 3.63) is 35.4 Å². The molecule has 1 aromatic rings. The molecule has 12 nitrogen and oxygen atoms in total. The average molecular weight is 441 g/mol. The number of hydrogen-bond donors (Lipinski definition) is 5. The van der Waals surface area contributed by atoms with E-state index in [1.54, 1.807) is 24.3 Å². The molecule has 13 heteroatoms. The van der Waals surface area contributed by atoms with Gasteiger partial charge < -0.3 is 30.0 Å². The zero-order chi connectivity index (χ0) is 22.3. The van der Waals surface area contributed by atoms with Gasteiger partial charge in [0.2, 0.25) is 5.91 Å². The van der Waals surface area contributed by atoms with Gasteiger partial charge in [0.15, 0.2) is 0 Å². The van der Waals surface area contributed by atoms with Crippen LogP contribution in [-0.4, -0.2) is 61.4 Å². The molecule has 0 saturated heterocycles. The van der Waals surface area contributed by atoms with Crippen molar-refractivity contribution in [2.75, 3.05) is 20.8 Å². The molecule has 1 aromatic carbocycles. The number of carbonyl (C=O) groups excluding carboxylic acids is 1. The summed E-state index contributed by atoms with van der Waals surface area (Å²) in [6, 6.07) is 5.52. The SMILES string of the molecule is COP(=O)(NC(CNC(=O)CC1CC(c2ccc(C(=N)N)cc2)=NO1)C(=O)O)OC. The molecule has 0 fully saturated rings. The number of aliphatic carboxylic acids is 1. The average Bonchev–Trinajstić information content (AvgIpc) is 3.19. The summed E-state index contributed by atoms with van der Waals surface area (Å²) in [6.07, 6.45) is -0.166. The number of nitrogens with two attached hydrogens (primary N) is 1. The van der Waals surface area contributed by atoms with E-state index < -0.39 is 31.8 Å². The van der Waals surface area contributed by atoms with Crippen LogP contribution in [0.15, 0.2) is 29.4 Å². The van der Waals surface area contributed by atoms with E-state index >= 15 is 0 Å². The van der Waals surface area contributed by atoms with E-state index in [0.29, 0.717) is 17.7 Å². The molecule has 0 aromatic heterocycles. The van der Waals surface area contributed by atoms with E-state index in [1.807, 2.05) is 0 Å². The molecule has 1 aliphatic heterocycles. The standard InChI is InChI=1S/C17H24N5O7P/c1-27-30(26,28-2)22-14(17(24)25)9-20-15(23)8-12-7-13(21-29-12)10-3-5-11(6-4-10)16(18)19/h3-6,12,14H,7-9H2,1-2H3,(H3,18,19)(H,20,23)(H,22,26)(H,24,25). The Bertz CT molecular complexity index is 866. The summed E-state index contributed by atoms with van der Waals surface area (Å²) in [5.41, 5.74) is 7.44. The number of rotatable bonds is 11. The summed E-state index contributed by atoms with van der Waals surface area (Å²) in [4.78, 5) is 28.8. The molecule has 0 saturated carbocycles. The summed E-state index contributed by atoms with van der Waals surface area (Å²) in [5, 5.41) is 25.3. The monoisotopic (exact) mass is 441 g/mol. The molecule has 0 spiro atoms. The summed E-state index contributed by atoms with van der Waals surface area (Å²) in [7, 11) is -1.56. The van der Waals surface area contributed by atoms with Gasteiger partial charge in [-0.1, -0.05) is 29.4 Å². The fourth-order valence-corrected chi connectivity index (χ4v) is 3.55. The number of amidine groups is 1. The first-order valence-electron chi connectivity index (χ1n) is 8.83. The van der Waals surface area contributed by atoms with Gasteiger partial charge in [0, 0.05) is 32.7 Å². The maximum atomic E-state index is 12.2. The van der Waals surface area contributed by atoms with Crippen molar-refractivity contribution >= 4 is 31.2 Å². The second-order valence-electron chi connectivity index (χ2n) is 6.35. The van der Waals surface area contributed by atoms with E-state index in [2.05, 4.69) is 24.6 Å². The maximum Gasteiger partial charge on any atom is 0.405 e. The molecule has 6 N–H and O–H groups in total. The van der Waals surface area contributed by atoms with Crippen molar-refractivity contribution in [2.45, 2.75) is 25.0 Å². The predicted octanol–water partition coefficient (Wildman–Crippen LogP) is 0.414. The van der Waals surface area contributed by atoms with Crippen LogP contribution in [0, 0.1) is 5.41 Å². The highest BCUT2D eigenvalue weighted by molar-refractivity contribution is 7.51. The highest BCUT2D eigenvalue weighted by Gasteiger charge is 2.31. The highest BCUT2D eigenvalue weighted by atomic mass is 31.2. The molecule has 2 atom stereocenters. The van der Waals surface area contributed by atoms with Crippen LogP contribution in [0.25, 0.3) is 0 Å². The number of carboxylic acids is 1. The zero-order valence-corrected chi connectivity index (χ0v) is 17.3. The first-order chi connectivity index (χ1) is 14.2. The van der Waals surface area contributed by atoms with Gasteiger partial charge in [-0.05, 0) is 5.56 Å². The van der Waals surface area contributed by atoms with Crippen molar-refractivity contribution in [1.29, 1.82) is 5.41 Å². The predicted molar refractivity (Wildman–Crippen MR) is 107 cm³/mol. The summed E-state index contributed by atoms with van der Waals surface area (Å²) < 4.78 is 21.3. The van der Waals surface area contributed by atoms with Crippen LogP contribution < -0.4 is 16.1 Å². The van der Waals surface area contributed by atoms with E-state index in [0.717, 1.165) is 19.8 Å². The number of nitrogens with zero attached hydrogens (tertiary/aromatic N) is 1. The molecular formula is C17H24N5O7P. The van der Waals surface area contributed by atoms with E-state index in [-0.39, 0.29) is 18.8 Å². The maximum absolute atomic E-state index is 12.2. The van der Waals surface area contributed by atoms with Crippen molar-refractivity contribution < 1.29 is 33.1 Å². The van der Waals surface area contributed by atoms with Crippen molar-refractivity contribution in [3.8, 4) is 0 Å². The Balaban J connectivity index is 1.85. The summed E-state index contributed by atoms with van der Waals surface area (Å²) >= 11 is 0. The first kappa shape index (κ1) is 23.5. The van der Waals surface area contributed by atoms with Crippen molar-refractivity contribution in [1.82, 2.24) is 10.4 Å². The van der Waals surface area contributed by atoms with Gasteiger partial charge >= 0.3 is 13.7 Å². The van der Waals surface area contributed by atoms with Gasteiger partial charge in [-0.15, -0.1) is 0 Å². The second kappa shape index (κ2) is 10.3. The number of carbonyl (C=O) groups is 2. The third-order valence-corrected chi connectivity index (χ3v) is 5.86. The molecule has 2 unspecified atom stereocenters. The number of nitrogens with one attached hydrogen (secondary N) is 3. The van der Waals surface area contributed by atoms with Crippen molar-refractivity contribution in [3.63, 3.8) is 0 Å². The van der Waals surface area contributed by atoms with Crippen LogP contribution in [-0.2, 0) is 28.0 Å². The van der Waals surface area contributed by atoms with Gasteiger partial charge in [0.25, 0.3) is 0 Å². The Morgan fingerprint density at radius 1 is 1.37 bits per heavy atom. The quantitative estimate of drug-likeness (QED) is 0.184. The fourth-order valence-electron chi connectivity index (χ4n) is 2.60. The molecule has 30 heavy (non-hydrogen) atoms. The van der Waals surface area contributed by atoms with Gasteiger partial charge in [0.05, 0.1) is 12.1 Å². The third kappa shape index (κ3) is 6.36. The Hall–Kier alpha value is -2.79. The van der Waals surface area contributed by atoms with Gasteiger partial charge in [0.1, 0.15) is 18.0 Å². The zero-order valence-electron chi connectivity index (χ0n) is 16.5. The normalized spacial score (nSPS) is 17.0. The van der Waals surface area contributed by atoms with Crippen LogP contribution in [0.4, 0.5) is 0 Å². The number of hydrogen-bond acceptors (Lipinski definition) is 8. The van der Waals surface area contributed by atoms with Gasteiger partial charge in [-0.2, -0.15) is 0 Å². The minimum atomic E-state index is -3.78. The molecule has 0 radical (unpaired) electrons. The lowest BCUT2D eigenvalue weighted by Crippen LogP contribution is -2.45. The molecular weight excluding hydrogens is 417 g/mol. The van der Waals surface area contributed by atoms with Crippen LogP contribution in [0.1, 0.15) is 24.0 Å². The lowest BCUT2D eigenvalue weighted by molar-refractivity contribution is -0.139.